The zero-order valence-corrected chi connectivity index (χ0v) is 26.2. The highest BCUT2D eigenvalue weighted by atomic mass is 15.0. The highest BCUT2D eigenvalue weighted by Crippen LogP contribution is 2.41. The largest absolute Gasteiger partial charge is 0.308 e. The maximum Gasteiger partial charge on any atom is 0.104 e. The minimum absolute atomic E-state index is 0.261. The molecule has 2 unspecified atom stereocenters. The van der Waals surface area contributed by atoms with Gasteiger partial charge in [-0.05, 0) is 72.2 Å². The third-order valence-corrected chi connectivity index (χ3v) is 9.84. The van der Waals surface area contributed by atoms with Crippen LogP contribution in [0.4, 0.5) is 0 Å². The highest BCUT2D eigenvalue weighted by Gasteiger charge is 2.24. The molecule has 0 fully saturated rings. The predicted octanol–water partition coefficient (Wildman–Crippen LogP) is 11.4. The standard InChI is InChI=1S/C43H35N3/c1-3-30(31-15-5-4-6-16-31)25-29(2)32-26-42(45-38-21-11-7-17-33(38)34-18-8-12-22-39(34)45)37(28-44)43(27-32)46-40-23-13-9-19-35(40)36-20-10-14-24-41(36)46/h4-24,26-27,29-30H,3,25H2,1-2H3. The van der Waals surface area contributed by atoms with Gasteiger partial charge in [0.1, 0.15) is 11.6 Å². The van der Waals surface area contributed by atoms with Crippen molar-refractivity contribution in [3.8, 4) is 17.4 Å². The third kappa shape index (κ3) is 4.41. The van der Waals surface area contributed by atoms with Gasteiger partial charge in [-0.15, -0.1) is 0 Å². The Hall–Kier alpha value is -5.59. The van der Waals surface area contributed by atoms with Crippen molar-refractivity contribution in [3.05, 3.63) is 156 Å². The van der Waals surface area contributed by atoms with E-state index in [9.17, 15) is 5.26 Å². The van der Waals surface area contributed by atoms with Gasteiger partial charge in [-0.2, -0.15) is 5.26 Å². The first-order valence-electron chi connectivity index (χ1n) is 16.3. The van der Waals surface area contributed by atoms with Gasteiger partial charge in [0.05, 0.1) is 33.4 Å². The Morgan fingerprint density at radius 1 is 0.543 bits per heavy atom. The van der Waals surface area contributed by atoms with E-state index in [4.69, 9.17) is 0 Å². The van der Waals surface area contributed by atoms with Crippen LogP contribution in [0.1, 0.15) is 55.2 Å². The lowest BCUT2D eigenvalue weighted by molar-refractivity contribution is 0.544. The lowest BCUT2D eigenvalue weighted by atomic mass is 9.84. The number of fused-ring (bicyclic) bond motifs is 6. The maximum atomic E-state index is 11.1. The molecular formula is C43H35N3. The molecule has 0 amide bonds. The van der Waals surface area contributed by atoms with E-state index in [1.54, 1.807) is 0 Å². The van der Waals surface area contributed by atoms with Crippen LogP contribution in [-0.2, 0) is 0 Å². The summed E-state index contributed by atoms with van der Waals surface area (Å²) in [5.41, 5.74) is 9.57. The Kier molecular flexibility index (Phi) is 6.92. The van der Waals surface area contributed by atoms with Crippen LogP contribution in [0.2, 0.25) is 0 Å². The van der Waals surface area contributed by atoms with Gasteiger partial charge in [-0.1, -0.05) is 117 Å². The molecule has 46 heavy (non-hydrogen) atoms. The molecule has 0 saturated carbocycles. The minimum atomic E-state index is 0.261. The molecule has 0 spiro atoms. The number of nitrogens with zero attached hydrogens (tertiary/aromatic N) is 3. The summed E-state index contributed by atoms with van der Waals surface area (Å²) < 4.78 is 4.62. The fraction of sp³-hybridized carbons (Fsp3) is 0.140. The van der Waals surface area contributed by atoms with E-state index >= 15 is 0 Å². The molecule has 0 bridgehead atoms. The van der Waals surface area contributed by atoms with Crippen LogP contribution >= 0.6 is 0 Å². The number of aromatic nitrogens is 2. The van der Waals surface area contributed by atoms with E-state index < -0.39 is 0 Å². The molecule has 0 radical (unpaired) electrons. The van der Waals surface area contributed by atoms with Crippen molar-refractivity contribution in [1.29, 1.82) is 5.26 Å². The van der Waals surface area contributed by atoms with Crippen molar-refractivity contribution < 1.29 is 0 Å². The van der Waals surface area contributed by atoms with Crippen molar-refractivity contribution in [2.45, 2.75) is 38.5 Å². The number of hydrogen-bond acceptors (Lipinski definition) is 1. The number of nitriles is 1. The molecule has 0 aliphatic heterocycles. The van der Waals surface area contributed by atoms with Crippen LogP contribution in [0.15, 0.2) is 140 Å². The van der Waals surface area contributed by atoms with Gasteiger partial charge >= 0.3 is 0 Å². The molecule has 222 valence electrons. The Balaban J connectivity index is 1.44. The molecule has 2 atom stereocenters. The van der Waals surface area contributed by atoms with Gasteiger partial charge in [0.15, 0.2) is 0 Å². The molecule has 3 heteroatoms. The van der Waals surface area contributed by atoms with Crippen molar-refractivity contribution >= 4 is 43.6 Å². The normalized spacial score (nSPS) is 13.0. The number of hydrogen-bond donors (Lipinski definition) is 0. The van der Waals surface area contributed by atoms with Gasteiger partial charge in [0.25, 0.3) is 0 Å². The second kappa shape index (κ2) is 11.4. The van der Waals surface area contributed by atoms with E-state index in [0.29, 0.717) is 11.5 Å². The first kappa shape index (κ1) is 27.9. The Morgan fingerprint density at radius 2 is 0.935 bits per heavy atom. The van der Waals surface area contributed by atoms with Gasteiger partial charge in [0, 0.05) is 21.5 Å². The molecule has 2 aromatic heterocycles. The van der Waals surface area contributed by atoms with Crippen molar-refractivity contribution in [1.82, 2.24) is 9.13 Å². The molecule has 0 aliphatic rings. The van der Waals surface area contributed by atoms with Crippen LogP contribution in [0.5, 0.6) is 0 Å². The summed E-state index contributed by atoms with van der Waals surface area (Å²) in [5.74, 6) is 0.705. The van der Waals surface area contributed by atoms with Gasteiger partial charge in [-0.3, -0.25) is 0 Å². The summed E-state index contributed by atoms with van der Waals surface area (Å²) in [6.07, 6.45) is 2.09. The Bertz CT molecular complexity index is 2180. The molecular weight excluding hydrogens is 558 g/mol. The number of benzene rings is 6. The van der Waals surface area contributed by atoms with Crippen LogP contribution in [0.3, 0.4) is 0 Å². The third-order valence-electron chi connectivity index (χ3n) is 9.84. The average molecular weight is 594 g/mol. The molecule has 0 saturated heterocycles. The second-order valence-corrected chi connectivity index (χ2v) is 12.4. The van der Waals surface area contributed by atoms with Crippen molar-refractivity contribution in [2.75, 3.05) is 0 Å². The monoisotopic (exact) mass is 593 g/mol. The molecule has 0 aliphatic carbocycles. The van der Waals surface area contributed by atoms with Crippen molar-refractivity contribution in [2.24, 2.45) is 0 Å². The molecule has 6 aromatic carbocycles. The SMILES string of the molecule is CCC(CC(C)c1cc(-n2c3ccccc3c3ccccc32)c(C#N)c(-n2c3ccccc3c3ccccc32)c1)c1ccccc1. The Morgan fingerprint density at radius 3 is 1.33 bits per heavy atom. The van der Waals surface area contributed by atoms with Crippen LogP contribution in [-0.4, -0.2) is 9.13 Å². The summed E-state index contributed by atoms with van der Waals surface area (Å²) in [4.78, 5) is 0. The smallest absolute Gasteiger partial charge is 0.104 e. The molecule has 0 N–H and O–H groups in total. The summed E-state index contributed by atoms with van der Waals surface area (Å²) in [6.45, 7) is 4.63. The summed E-state index contributed by atoms with van der Waals surface area (Å²) in [5, 5.41) is 15.8. The lowest BCUT2D eigenvalue weighted by Gasteiger charge is -2.24. The summed E-state index contributed by atoms with van der Waals surface area (Å²) in [6, 6.07) is 52.4. The Labute approximate surface area is 269 Å². The van der Waals surface area contributed by atoms with E-state index in [-0.39, 0.29) is 5.92 Å². The predicted molar refractivity (Wildman–Crippen MR) is 192 cm³/mol. The number of para-hydroxylation sites is 4. The van der Waals surface area contributed by atoms with Crippen LogP contribution < -0.4 is 0 Å². The molecule has 2 heterocycles. The quantitative estimate of drug-likeness (QED) is 0.181. The maximum absolute atomic E-state index is 11.1. The zero-order valence-electron chi connectivity index (χ0n) is 26.2. The first-order valence-corrected chi connectivity index (χ1v) is 16.3. The average Bonchev–Trinajstić information content (AvgIpc) is 3.63. The van der Waals surface area contributed by atoms with Crippen molar-refractivity contribution in [3.63, 3.8) is 0 Å². The van der Waals surface area contributed by atoms with Crippen LogP contribution in [0, 0.1) is 11.3 Å². The molecule has 8 aromatic rings. The summed E-state index contributed by atoms with van der Waals surface area (Å²) >= 11 is 0. The van der Waals surface area contributed by atoms with E-state index in [2.05, 4.69) is 169 Å². The van der Waals surface area contributed by atoms with E-state index in [1.165, 1.54) is 32.7 Å². The molecule has 3 nitrogen and oxygen atoms in total. The lowest BCUT2D eigenvalue weighted by Crippen LogP contribution is -2.09. The fourth-order valence-corrected chi connectivity index (χ4v) is 7.58. The zero-order chi connectivity index (χ0) is 31.2. The van der Waals surface area contributed by atoms with Crippen LogP contribution in [0.25, 0.3) is 55.0 Å². The fourth-order valence-electron chi connectivity index (χ4n) is 7.58. The van der Waals surface area contributed by atoms with Gasteiger partial charge < -0.3 is 9.13 Å². The van der Waals surface area contributed by atoms with E-state index in [0.717, 1.165) is 46.3 Å². The minimum Gasteiger partial charge on any atom is -0.308 e. The van der Waals surface area contributed by atoms with Gasteiger partial charge in [-0.25, -0.2) is 0 Å². The molecule has 8 rings (SSSR count). The summed E-state index contributed by atoms with van der Waals surface area (Å²) in [7, 11) is 0. The second-order valence-electron chi connectivity index (χ2n) is 12.4. The number of rotatable bonds is 7. The first-order chi connectivity index (χ1) is 22.7. The topological polar surface area (TPSA) is 33.6 Å². The van der Waals surface area contributed by atoms with Gasteiger partial charge in [0.2, 0.25) is 0 Å². The highest BCUT2D eigenvalue weighted by molar-refractivity contribution is 6.11. The van der Waals surface area contributed by atoms with E-state index in [1.807, 2.05) is 0 Å².